The zero-order chi connectivity index (χ0) is 23.1. The van der Waals surface area contributed by atoms with E-state index in [9.17, 15) is 14.4 Å². The Bertz CT molecular complexity index is 1120. The fourth-order valence-corrected chi connectivity index (χ4v) is 5.33. The lowest BCUT2D eigenvalue weighted by Crippen LogP contribution is -2.41. The van der Waals surface area contributed by atoms with Gasteiger partial charge in [-0.3, -0.25) is 9.59 Å². The summed E-state index contributed by atoms with van der Waals surface area (Å²) in [6.45, 7) is 2.52. The van der Waals surface area contributed by atoms with Gasteiger partial charge in [-0.2, -0.15) is 0 Å². The number of rotatable bonds is 4. The van der Waals surface area contributed by atoms with Gasteiger partial charge < -0.3 is 14.4 Å². The first-order chi connectivity index (χ1) is 16.0. The molecule has 4 unspecified atom stereocenters. The van der Waals surface area contributed by atoms with Gasteiger partial charge in [-0.05, 0) is 48.4 Å². The summed E-state index contributed by atoms with van der Waals surface area (Å²) in [6, 6.07) is 16.1. The lowest BCUT2D eigenvalue weighted by molar-refractivity contribution is -0.136. The Balaban J connectivity index is 1.56. The highest BCUT2D eigenvalue weighted by Gasteiger charge is 2.52. The van der Waals surface area contributed by atoms with Gasteiger partial charge >= 0.3 is 5.97 Å². The molecule has 170 valence electrons. The van der Waals surface area contributed by atoms with Crippen LogP contribution < -0.4 is 0 Å². The van der Waals surface area contributed by atoms with Gasteiger partial charge in [0.05, 0.1) is 30.2 Å². The molecule has 1 saturated carbocycles. The van der Waals surface area contributed by atoms with Crippen LogP contribution in [0.4, 0.5) is 0 Å². The number of benzene rings is 2. The highest BCUT2D eigenvalue weighted by molar-refractivity contribution is 6.11. The molecule has 2 aliphatic heterocycles. The molecule has 3 aliphatic rings. The fraction of sp³-hybridized carbons (Fsp3) is 0.370. The van der Waals surface area contributed by atoms with Crippen molar-refractivity contribution in [1.29, 1.82) is 0 Å². The summed E-state index contributed by atoms with van der Waals surface area (Å²) in [7, 11) is 1.34. The molecule has 6 nitrogen and oxygen atoms in total. The number of amides is 1. The van der Waals surface area contributed by atoms with Gasteiger partial charge in [-0.15, -0.1) is 0 Å². The molecule has 0 spiro atoms. The van der Waals surface area contributed by atoms with Crippen molar-refractivity contribution in [2.75, 3.05) is 7.11 Å². The van der Waals surface area contributed by atoms with E-state index < -0.39 is 12.0 Å². The zero-order valence-electron chi connectivity index (χ0n) is 18.8. The first-order valence-corrected chi connectivity index (χ1v) is 11.5. The van der Waals surface area contributed by atoms with E-state index in [1.165, 1.54) is 7.11 Å². The highest BCUT2D eigenvalue weighted by Crippen LogP contribution is 2.48. The Labute approximate surface area is 193 Å². The van der Waals surface area contributed by atoms with Crippen molar-refractivity contribution in [3.8, 4) is 0 Å². The van der Waals surface area contributed by atoms with Gasteiger partial charge in [-0.1, -0.05) is 49.4 Å². The average molecular weight is 446 g/mol. The summed E-state index contributed by atoms with van der Waals surface area (Å²) in [6.07, 6.45) is 2.34. The number of fused-ring (bicyclic) bond motifs is 1. The van der Waals surface area contributed by atoms with Crippen molar-refractivity contribution < 1.29 is 23.9 Å². The summed E-state index contributed by atoms with van der Waals surface area (Å²) in [5.74, 6) is -0.208. The molecular weight excluding hydrogens is 418 g/mol. The molecule has 1 aliphatic carbocycles. The Hall–Kier alpha value is -3.41. The summed E-state index contributed by atoms with van der Waals surface area (Å²) in [5, 5.41) is 0. The lowest BCUT2D eigenvalue weighted by atomic mass is 9.74. The summed E-state index contributed by atoms with van der Waals surface area (Å²) in [4.78, 5) is 40.9. The van der Waals surface area contributed by atoms with Gasteiger partial charge in [0.1, 0.15) is 6.10 Å². The van der Waals surface area contributed by atoms with Crippen LogP contribution in [-0.2, 0) is 25.6 Å². The van der Waals surface area contributed by atoms with Crippen LogP contribution in [0.25, 0.3) is 0 Å². The smallest absolute Gasteiger partial charge is 0.337 e. The minimum atomic E-state index is -0.551. The van der Waals surface area contributed by atoms with E-state index in [4.69, 9.17) is 9.47 Å². The monoisotopic (exact) mass is 445 g/mol. The van der Waals surface area contributed by atoms with E-state index in [0.717, 1.165) is 30.4 Å². The molecule has 0 N–H and O–H groups in total. The van der Waals surface area contributed by atoms with Gasteiger partial charge in [-0.25, -0.2) is 4.79 Å². The largest absolute Gasteiger partial charge is 0.483 e. The van der Waals surface area contributed by atoms with Crippen LogP contribution in [0.15, 0.2) is 65.9 Å². The lowest BCUT2D eigenvalue weighted by Gasteiger charge is -2.37. The Morgan fingerprint density at radius 2 is 1.79 bits per heavy atom. The number of methoxy groups -OCH3 is 1. The average Bonchev–Trinajstić information content (AvgIpc) is 3.11. The van der Waals surface area contributed by atoms with Crippen LogP contribution in [-0.4, -0.2) is 35.8 Å². The molecule has 0 bridgehead atoms. The van der Waals surface area contributed by atoms with Crippen molar-refractivity contribution in [3.63, 3.8) is 0 Å². The van der Waals surface area contributed by atoms with Crippen molar-refractivity contribution >= 4 is 17.7 Å². The molecule has 2 aromatic carbocycles. The number of carbonyl (C=O) groups excluding carboxylic acids is 3. The molecule has 1 fully saturated rings. The Morgan fingerprint density at radius 3 is 2.48 bits per heavy atom. The second-order valence-corrected chi connectivity index (χ2v) is 9.22. The number of carbonyl (C=O) groups is 3. The molecule has 5 rings (SSSR count). The summed E-state index contributed by atoms with van der Waals surface area (Å²) in [5.41, 5.74) is 2.62. The zero-order valence-corrected chi connectivity index (χ0v) is 18.8. The number of hydrogen-bond acceptors (Lipinski definition) is 5. The molecule has 6 heteroatoms. The standard InChI is InChI=1S/C27H27NO5/c1-16-8-13-21-20(14-16)24(29)22-23(18-9-11-19(12-10-18)27(31)32-2)28(26(30)25(22)33-21)15-17-6-4-3-5-7-17/h3-7,9-12,16,20-21,23H,8,13-15H2,1-2H3. The van der Waals surface area contributed by atoms with Crippen molar-refractivity contribution in [1.82, 2.24) is 4.90 Å². The first-order valence-electron chi connectivity index (χ1n) is 11.5. The number of nitrogens with zero attached hydrogens (tertiary/aromatic N) is 1. The highest BCUT2D eigenvalue weighted by atomic mass is 16.5. The minimum Gasteiger partial charge on any atom is -0.483 e. The SMILES string of the molecule is COC(=O)c1ccc(C2C3=C(OC4CCC(C)CC4C3=O)C(=O)N2Cc2ccccc2)cc1. The number of ether oxygens (including phenoxy) is 2. The first kappa shape index (κ1) is 21.4. The van der Waals surface area contributed by atoms with Crippen LogP contribution in [0, 0.1) is 11.8 Å². The van der Waals surface area contributed by atoms with Gasteiger partial charge in [0.25, 0.3) is 5.91 Å². The van der Waals surface area contributed by atoms with Gasteiger partial charge in [0.2, 0.25) is 0 Å². The molecule has 2 aromatic rings. The van der Waals surface area contributed by atoms with Crippen molar-refractivity contribution in [3.05, 3.63) is 82.6 Å². The van der Waals surface area contributed by atoms with E-state index in [-0.39, 0.29) is 29.5 Å². The van der Waals surface area contributed by atoms with Crippen LogP contribution in [0.5, 0.6) is 0 Å². The second kappa shape index (κ2) is 8.50. The molecule has 1 amide bonds. The van der Waals surface area contributed by atoms with Gasteiger partial charge in [0.15, 0.2) is 11.5 Å². The molecule has 4 atom stereocenters. The molecule has 0 saturated heterocycles. The number of hydrogen-bond donors (Lipinski definition) is 0. The maximum absolute atomic E-state index is 13.7. The van der Waals surface area contributed by atoms with E-state index in [0.29, 0.717) is 23.6 Å². The third-order valence-corrected chi connectivity index (χ3v) is 7.05. The summed E-state index contributed by atoms with van der Waals surface area (Å²) >= 11 is 0. The maximum atomic E-state index is 13.7. The van der Waals surface area contributed by atoms with Crippen molar-refractivity contribution in [2.24, 2.45) is 11.8 Å². The molecule has 0 radical (unpaired) electrons. The van der Waals surface area contributed by atoms with Crippen LogP contribution in [0.3, 0.4) is 0 Å². The third-order valence-electron chi connectivity index (χ3n) is 7.05. The van der Waals surface area contributed by atoms with Gasteiger partial charge in [0, 0.05) is 6.54 Å². The molecule has 33 heavy (non-hydrogen) atoms. The van der Waals surface area contributed by atoms with E-state index >= 15 is 0 Å². The Morgan fingerprint density at radius 1 is 1.06 bits per heavy atom. The molecule has 0 aromatic heterocycles. The summed E-state index contributed by atoms with van der Waals surface area (Å²) < 4.78 is 11.0. The predicted molar refractivity (Wildman–Crippen MR) is 121 cm³/mol. The quantitative estimate of drug-likeness (QED) is 0.659. The normalized spacial score (nSPS) is 26.5. The van der Waals surface area contributed by atoms with Crippen LogP contribution in [0.2, 0.25) is 0 Å². The number of Topliss-reactive ketones (excluding diaryl/α,β-unsaturated/α-hetero) is 1. The molecule has 2 heterocycles. The number of esters is 1. The third kappa shape index (κ3) is 3.73. The second-order valence-electron chi connectivity index (χ2n) is 9.22. The fourth-order valence-electron chi connectivity index (χ4n) is 5.33. The van der Waals surface area contributed by atoms with Crippen LogP contribution in [0.1, 0.15) is 53.7 Å². The van der Waals surface area contributed by atoms with E-state index in [2.05, 4.69) is 6.92 Å². The van der Waals surface area contributed by atoms with E-state index in [1.807, 2.05) is 30.3 Å². The van der Waals surface area contributed by atoms with E-state index in [1.54, 1.807) is 29.2 Å². The Kier molecular flexibility index (Phi) is 5.52. The molecular formula is C27H27NO5. The predicted octanol–water partition coefficient (Wildman–Crippen LogP) is 4.21. The topological polar surface area (TPSA) is 72.9 Å². The van der Waals surface area contributed by atoms with Crippen LogP contribution >= 0.6 is 0 Å². The minimum absolute atomic E-state index is 0.0266. The maximum Gasteiger partial charge on any atom is 0.337 e. The van der Waals surface area contributed by atoms with Crippen molar-refractivity contribution in [2.45, 2.75) is 44.9 Å². The number of ketones is 1.